The average molecular weight is 317 g/mol. The monoisotopic (exact) mass is 317 g/mol. The number of hydrogen-bond acceptors (Lipinski definition) is 3. The third kappa shape index (κ3) is 3.73. The van der Waals surface area contributed by atoms with Crippen molar-refractivity contribution in [3.63, 3.8) is 0 Å². The van der Waals surface area contributed by atoms with Gasteiger partial charge >= 0.3 is 5.97 Å². The van der Waals surface area contributed by atoms with Crippen molar-refractivity contribution in [3.8, 4) is 0 Å². The normalized spacial score (nSPS) is 12.6. The van der Waals surface area contributed by atoms with E-state index < -0.39 is 11.9 Å². The number of amides is 1. The summed E-state index contributed by atoms with van der Waals surface area (Å²) in [4.78, 5) is 23.6. The first-order chi connectivity index (χ1) is 10.8. The lowest BCUT2D eigenvalue weighted by Gasteiger charge is -2.15. The van der Waals surface area contributed by atoms with Crippen molar-refractivity contribution in [1.29, 1.82) is 0 Å². The van der Waals surface area contributed by atoms with Crippen LogP contribution >= 0.6 is 0 Å². The van der Waals surface area contributed by atoms with E-state index in [-0.39, 0.29) is 24.1 Å². The van der Waals surface area contributed by atoms with E-state index >= 15 is 0 Å². The number of aryl methyl sites for hydroxylation is 2. The summed E-state index contributed by atoms with van der Waals surface area (Å²) in [5.74, 6) is -1.35. The molecule has 5 nitrogen and oxygen atoms in total. The maximum absolute atomic E-state index is 12.4. The molecule has 2 aromatic rings. The Morgan fingerprint density at radius 2 is 1.96 bits per heavy atom. The molecule has 0 bridgehead atoms. The van der Waals surface area contributed by atoms with Gasteiger partial charge in [0.2, 0.25) is 0 Å². The molecule has 2 rings (SSSR count). The number of furan rings is 1. The van der Waals surface area contributed by atoms with Gasteiger partial charge in [0, 0.05) is 17.5 Å². The molecule has 23 heavy (non-hydrogen) atoms. The molecule has 0 spiro atoms. The summed E-state index contributed by atoms with van der Waals surface area (Å²) in [5.41, 5.74) is 2.44. The minimum Gasteiger partial charge on any atom is -0.481 e. The molecule has 0 saturated heterocycles. The minimum absolute atomic E-state index is 0.0990. The summed E-state index contributed by atoms with van der Waals surface area (Å²) in [6, 6.07) is 5.76. The van der Waals surface area contributed by atoms with Crippen molar-refractivity contribution in [2.75, 3.05) is 6.54 Å². The number of carbonyl (C=O) groups excluding carboxylic acids is 1. The van der Waals surface area contributed by atoms with Crippen molar-refractivity contribution < 1.29 is 19.1 Å². The van der Waals surface area contributed by atoms with Gasteiger partial charge in [0.25, 0.3) is 5.91 Å². The van der Waals surface area contributed by atoms with Gasteiger partial charge in [0.1, 0.15) is 5.58 Å². The first kappa shape index (κ1) is 17.1. The molecule has 5 heteroatoms. The van der Waals surface area contributed by atoms with Gasteiger partial charge in [-0.25, -0.2) is 0 Å². The number of aliphatic carboxylic acids is 1. The molecule has 1 heterocycles. The molecular weight excluding hydrogens is 294 g/mol. The summed E-state index contributed by atoms with van der Waals surface area (Å²) in [5, 5.41) is 12.8. The van der Waals surface area contributed by atoms with E-state index in [1.807, 2.05) is 45.9 Å². The first-order valence-electron chi connectivity index (χ1n) is 7.81. The molecule has 1 aromatic carbocycles. The lowest BCUT2D eigenvalue weighted by Crippen LogP contribution is -2.33. The van der Waals surface area contributed by atoms with Crippen molar-refractivity contribution in [1.82, 2.24) is 5.32 Å². The van der Waals surface area contributed by atoms with Crippen LogP contribution in [0, 0.1) is 25.7 Å². The maximum atomic E-state index is 12.4. The molecule has 0 radical (unpaired) electrons. The minimum atomic E-state index is -0.892. The van der Waals surface area contributed by atoms with Gasteiger partial charge < -0.3 is 14.8 Å². The molecule has 1 aromatic heterocycles. The molecule has 0 saturated carbocycles. The molecule has 0 aliphatic rings. The van der Waals surface area contributed by atoms with E-state index in [1.165, 1.54) is 0 Å². The summed E-state index contributed by atoms with van der Waals surface area (Å²) in [7, 11) is 0. The summed E-state index contributed by atoms with van der Waals surface area (Å²) >= 11 is 0. The van der Waals surface area contributed by atoms with Crippen LogP contribution in [-0.4, -0.2) is 23.5 Å². The van der Waals surface area contributed by atoms with E-state index in [0.717, 1.165) is 16.5 Å². The largest absolute Gasteiger partial charge is 0.481 e. The van der Waals surface area contributed by atoms with E-state index in [1.54, 1.807) is 0 Å². The highest BCUT2D eigenvalue weighted by Crippen LogP contribution is 2.27. The first-order valence-corrected chi connectivity index (χ1v) is 7.81. The van der Waals surface area contributed by atoms with E-state index in [4.69, 9.17) is 4.42 Å². The zero-order valence-electron chi connectivity index (χ0n) is 14.0. The lowest BCUT2D eigenvalue weighted by molar-refractivity contribution is -0.142. The van der Waals surface area contributed by atoms with E-state index in [0.29, 0.717) is 12.0 Å². The Morgan fingerprint density at radius 1 is 1.26 bits per heavy atom. The molecular formula is C18H23NO4. The van der Waals surface area contributed by atoms with Gasteiger partial charge in [-0.2, -0.15) is 0 Å². The Kier molecular flexibility index (Phi) is 5.08. The van der Waals surface area contributed by atoms with Gasteiger partial charge in [-0.15, -0.1) is 0 Å². The summed E-state index contributed by atoms with van der Waals surface area (Å²) in [6.07, 6.45) is 0.522. The van der Waals surface area contributed by atoms with Gasteiger partial charge in [-0.1, -0.05) is 32.0 Å². The predicted octanol–water partition coefficient (Wildman–Crippen LogP) is 3.53. The van der Waals surface area contributed by atoms with Crippen LogP contribution in [0.5, 0.6) is 0 Å². The number of rotatable bonds is 6. The standard InChI is InChI=1S/C18H23NO4/c1-10(2)8-13(18(21)22)9-19-17(20)16-12(4)14-7-5-6-11(3)15(14)23-16/h5-7,10,13H,8-9H2,1-4H3,(H,19,20)(H,21,22). The third-order valence-electron chi connectivity index (χ3n) is 3.98. The summed E-state index contributed by atoms with van der Waals surface area (Å²) in [6.45, 7) is 7.79. The van der Waals surface area contributed by atoms with Crippen LogP contribution in [0.3, 0.4) is 0 Å². The molecule has 2 N–H and O–H groups in total. The quantitative estimate of drug-likeness (QED) is 0.854. The van der Waals surface area contributed by atoms with Crippen molar-refractivity contribution in [2.24, 2.45) is 11.8 Å². The number of nitrogens with one attached hydrogen (secondary N) is 1. The Bertz CT molecular complexity index is 730. The van der Waals surface area contributed by atoms with Crippen molar-refractivity contribution in [2.45, 2.75) is 34.1 Å². The number of benzene rings is 1. The van der Waals surface area contributed by atoms with Crippen molar-refractivity contribution in [3.05, 3.63) is 35.1 Å². The van der Waals surface area contributed by atoms with Crippen LogP contribution in [0.1, 0.15) is 41.9 Å². The second kappa shape index (κ2) is 6.86. The zero-order chi connectivity index (χ0) is 17.1. The molecule has 0 aliphatic heterocycles. The van der Waals surface area contributed by atoms with Gasteiger partial charge in [0.15, 0.2) is 5.76 Å². The smallest absolute Gasteiger partial charge is 0.308 e. The molecule has 0 aliphatic carbocycles. The average Bonchev–Trinajstić information content (AvgIpc) is 2.81. The zero-order valence-corrected chi connectivity index (χ0v) is 14.0. The lowest BCUT2D eigenvalue weighted by atomic mass is 9.97. The SMILES string of the molecule is Cc1c(C(=O)NCC(CC(C)C)C(=O)O)oc2c(C)cccc12. The number of carbonyl (C=O) groups is 2. The van der Waals surface area contributed by atoms with Crippen LogP contribution < -0.4 is 5.32 Å². The second-order valence-electron chi connectivity index (χ2n) is 6.38. The van der Waals surface area contributed by atoms with Gasteiger partial charge in [-0.3, -0.25) is 9.59 Å². The van der Waals surface area contributed by atoms with Gasteiger partial charge in [0.05, 0.1) is 5.92 Å². The number of para-hydroxylation sites is 1. The van der Waals surface area contributed by atoms with E-state index in [2.05, 4.69) is 5.32 Å². The fourth-order valence-corrected chi connectivity index (χ4v) is 2.74. The molecule has 1 unspecified atom stereocenters. The highest BCUT2D eigenvalue weighted by molar-refractivity contribution is 5.99. The van der Waals surface area contributed by atoms with Crippen molar-refractivity contribution >= 4 is 22.8 Å². The molecule has 1 amide bonds. The highest BCUT2D eigenvalue weighted by atomic mass is 16.4. The Hall–Kier alpha value is -2.30. The molecule has 0 fully saturated rings. The predicted molar refractivity (Wildman–Crippen MR) is 88.6 cm³/mol. The van der Waals surface area contributed by atoms with Crippen LogP contribution in [-0.2, 0) is 4.79 Å². The number of fused-ring (bicyclic) bond motifs is 1. The van der Waals surface area contributed by atoms with Crippen LogP contribution in [0.15, 0.2) is 22.6 Å². The fourth-order valence-electron chi connectivity index (χ4n) is 2.74. The van der Waals surface area contributed by atoms with Crippen LogP contribution in [0.2, 0.25) is 0 Å². The number of carboxylic acid groups (broad SMARTS) is 1. The second-order valence-corrected chi connectivity index (χ2v) is 6.38. The highest BCUT2D eigenvalue weighted by Gasteiger charge is 2.23. The van der Waals surface area contributed by atoms with Crippen LogP contribution in [0.4, 0.5) is 0 Å². The fraction of sp³-hybridized carbons (Fsp3) is 0.444. The topological polar surface area (TPSA) is 79.5 Å². The van der Waals surface area contributed by atoms with Gasteiger partial charge in [-0.05, 0) is 31.7 Å². The van der Waals surface area contributed by atoms with Crippen LogP contribution in [0.25, 0.3) is 11.0 Å². The number of hydrogen-bond donors (Lipinski definition) is 2. The molecule has 124 valence electrons. The molecule has 1 atom stereocenters. The third-order valence-corrected chi connectivity index (χ3v) is 3.98. The van der Waals surface area contributed by atoms with E-state index in [9.17, 15) is 14.7 Å². The number of carboxylic acids is 1. The Labute approximate surface area is 135 Å². The Morgan fingerprint density at radius 3 is 2.52 bits per heavy atom. The summed E-state index contributed by atoms with van der Waals surface area (Å²) < 4.78 is 5.71. The Balaban J connectivity index is 2.16. The maximum Gasteiger partial charge on any atom is 0.308 e.